The van der Waals surface area contributed by atoms with E-state index in [1.54, 1.807) is 12.5 Å². The van der Waals surface area contributed by atoms with Gasteiger partial charge in [-0.1, -0.05) is 30.3 Å². The van der Waals surface area contributed by atoms with Crippen molar-refractivity contribution >= 4 is 5.96 Å². The first-order valence-corrected chi connectivity index (χ1v) is 9.80. The van der Waals surface area contributed by atoms with E-state index < -0.39 is 0 Å². The number of rotatable bonds is 6. The maximum atomic E-state index is 6.01. The van der Waals surface area contributed by atoms with E-state index in [9.17, 15) is 0 Å². The summed E-state index contributed by atoms with van der Waals surface area (Å²) in [5.74, 6) is 2.32. The smallest absolute Gasteiger partial charge is 0.191 e. The van der Waals surface area contributed by atoms with E-state index in [1.165, 1.54) is 0 Å². The zero-order valence-electron chi connectivity index (χ0n) is 16.4. The van der Waals surface area contributed by atoms with Crippen molar-refractivity contribution in [1.29, 1.82) is 0 Å². The number of hydrogen-bond acceptors (Lipinski definition) is 4. The van der Waals surface area contributed by atoms with Gasteiger partial charge in [0, 0.05) is 18.9 Å². The minimum Gasteiger partial charge on any atom is -0.486 e. The van der Waals surface area contributed by atoms with Gasteiger partial charge in [-0.05, 0) is 30.7 Å². The zero-order chi connectivity index (χ0) is 19.9. The molecular formula is C22H25N5O2. The van der Waals surface area contributed by atoms with Crippen LogP contribution in [0.1, 0.15) is 12.5 Å². The molecule has 3 aromatic rings. The number of aliphatic imine (C=N–C) groups is 1. The quantitative estimate of drug-likeness (QED) is 0.499. The molecule has 150 valence electrons. The number of ether oxygens (including phenoxy) is 2. The average molecular weight is 391 g/mol. The van der Waals surface area contributed by atoms with Crippen LogP contribution in [-0.4, -0.2) is 41.3 Å². The molecule has 7 heteroatoms. The summed E-state index contributed by atoms with van der Waals surface area (Å²) in [6.07, 6.45) is 5.43. The van der Waals surface area contributed by atoms with Crippen molar-refractivity contribution in [2.24, 2.45) is 4.99 Å². The zero-order valence-corrected chi connectivity index (χ0v) is 16.4. The predicted octanol–water partition coefficient (Wildman–Crippen LogP) is 2.77. The SMILES string of the molecule is CCNC(=NCc1ccccc1-n1ccnc1)NCC1COc2ccccc2O1. The Bertz CT molecular complexity index is 955. The molecule has 1 aliphatic rings. The van der Waals surface area contributed by atoms with Gasteiger partial charge >= 0.3 is 0 Å². The summed E-state index contributed by atoms with van der Waals surface area (Å²) in [5.41, 5.74) is 2.19. The second-order valence-electron chi connectivity index (χ2n) is 6.67. The molecule has 2 aromatic carbocycles. The lowest BCUT2D eigenvalue weighted by molar-refractivity contribution is 0.0936. The molecule has 7 nitrogen and oxygen atoms in total. The van der Waals surface area contributed by atoms with Crippen LogP contribution in [0.3, 0.4) is 0 Å². The monoisotopic (exact) mass is 391 g/mol. The summed E-state index contributed by atoms with van der Waals surface area (Å²) in [6.45, 7) is 4.48. The second-order valence-corrected chi connectivity index (χ2v) is 6.67. The number of fused-ring (bicyclic) bond motifs is 1. The summed E-state index contributed by atoms with van der Waals surface area (Å²) in [4.78, 5) is 8.89. The van der Waals surface area contributed by atoms with Crippen molar-refractivity contribution < 1.29 is 9.47 Å². The fourth-order valence-corrected chi connectivity index (χ4v) is 3.18. The third kappa shape index (κ3) is 4.68. The fraction of sp³-hybridized carbons (Fsp3) is 0.273. The van der Waals surface area contributed by atoms with Gasteiger partial charge in [0.05, 0.1) is 25.1 Å². The number of nitrogens with zero attached hydrogens (tertiary/aromatic N) is 3. The molecule has 0 bridgehead atoms. The van der Waals surface area contributed by atoms with Crippen LogP contribution < -0.4 is 20.1 Å². The lowest BCUT2D eigenvalue weighted by atomic mass is 10.2. The highest BCUT2D eigenvalue weighted by Gasteiger charge is 2.20. The number of benzene rings is 2. The van der Waals surface area contributed by atoms with Gasteiger partial charge in [-0.2, -0.15) is 0 Å². The minimum atomic E-state index is -0.0769. The van der Waals surface area contributed by atoms with Gasteiger partial charge < -0.3 is 24.7 Å². The summed E-state index contributed by atoms with van der Waals surface area (Å²) in [7, 11) is 0. The molecule has 0 saturated heterocycles. The van der Waals surface area contributed by atoms with E-state index in [1.807, 2.05) is 54.1 Å². The molecule has 2 N–H and O–H groups in total. The van der Waals surface area contributed by atoms with E-state index in [0.717, 1.165) is 35.3 Å². The first-order valence-electron chi connectivity index (χ1n) is 9.80. The van der Waals surface area contributed by atoms with Crippen LogP contribution in [0.2, 0.25) is 0 Å². The Balaban J connectivity index is 1.40. The van der Waals surface area contributed by atoms with Crippen LogP contribution in [0.25, 0.3) is 5.69 Å². The van der Waals surface area contributed by atoms with Crippen molar-refractivity contribution in [2.75, 3.05) is 19.7 Å². The molecule has 0 fully saturated rings. The normalized spacial score (nSPS) is 15.8. The molecule has 0 radical (unpaired) electrons. The Morgan fingerprint density at radius 2 is 1.97 bits per heavy atom. The third-order valence-corrected chi connectivity index (χ3v) is 4.59. The molecule has 1 unspecified atom stereocenters. The highest BCUT2D eigenvalue weighted by molar-refractivity contribution is 5.79. The van der Waals surface area contributed by atoms with Crippen molar-refractivity contribution in [1.82, 2.24) is 20.2 Å². The largest absolute Gasteiger partial charge is 0.486 e. The third-order valence-electron chi connectivity index (χ3n) is 4.59. The van der Waals surface area contributed by atoms with E-state index in [0.29, 0.717) is 19.7 Å². The summed E-state index contributed by atoms with van der Waals surface area (Å²) in [6, 6.07) is 15.9. The van der Waals surface area contributed by atoms with Gasteiger partial charge in [0.2, 0.25) is 0 Å². The molecule has 1 atom stereocenters. The average Bonchev–Trinajstić information content (AvgIpc) is 3.30. The van der Waals surface area contributed by atoms with Gasteiger partial charge in [0.1, 0.15) is 12.7 Å². The maximum Gasteiger partial charge on any atom is 0.191 e. The molecular weight excluding hydrogens is 366 g/mol. The predicted molar refractivity (Wildman–Crippen MR) is 113 cm³/mol. The molecule has 0 spiro atoms. The van der Waals surface area contributed by atoms with Crippen LogP contribution in [-0.2, 0) is 6.54 Å². The first-order chi connectivity index (χ1) is 14.3. The molecule has 4 rings (SSSR count). The standard InChI is InChI=1S/C22H25N5O2/c1-2-24-22(26-14-18-15-28-20-9-5-6-10-21(20)29-18)25-13-17-7-3-4-8-19(17)27-12-11-23-16-27/h3-12,16,18H,2,13-15H2,1H3,(H2,24,25,26). The number of imidazole rings is 1. The maximum absolute atomic E-state index is 6.01. The lowest BCUT2D eigenvalue weighted by Gasteiger charge is -2.27. The van der Waals surface area contributed by atoms with Crippen molar-refractivity contribution in [3.63, 3.8) is 0 Å². The van der Waals surface area contributed by atoms with Crippen molar-refractivity contribution in [3.8, 4) is 17.2 Å². The van der Waals surface area contributed by atoms with Gasteiger partial charge in [-0.15, -0.1) is 0 Å². The summed E-state index contributed by atoms with van der Waals surface area (Å²) in [5, 5.41) is 6.65. The van der Waals surface area contributed by atoms with Crippen molar-refractivity contribution in [2.45, 2.75) is 19.6 Å². The van der Waals surface area contributed by atoms with E-state index in [-0.39, 0.29) is 6.10 Å². The topological polar surface area (TPSA) is 72.7 Å². The van der Waals surface area contributed by atoms with Gasteiger partial charge in [-0.3, -0.25) is 0 Å². The molecule has 0 amide bonds. The number of guanidine groups is 1. The van der Waals surface area contributed by atoms with Crippen LogP contribution in [0.5, 0.6) is 11.5 Å². The Labute approximate surface area is 170 Å². The van der Waals surface area contributed by atoms with Gasteiger partial charge in [0.25, 0.3) is 0 Å². The highest BCUT2D eigenvalue weighted by atomic mass is 16.6. The van der Waals surface area contributed by atoms with Gasteiger partial charge in [-0.25, -0.2) is 9.98 Å². The van der Waals surface area contributed by atoms with Crippen LogP contribution in [0, 0.1) is 0 Å². The van der Waals surface area contributed by atoms with Crippen molar-refractivity contribution in [3.05, 3.63) is 72.8 Å². The highest BCUT2D eigenvalue weighted by Crippen LogP contribution is 2.30. The van der Waals surface area contributed by atoms with E-state index in [4.69, 9.17) is 14.5 Å². The first kappa shape index (κ1) is 18.9. The Kier molecular flexibility index (Phi) is 5.95. The molecule has 1 aliphatic heterocycles. The number of para-hydroxylation sites is 3. The molecule has 1 aromatic heterocycles. The summed E-state index contributed by atoms with van der Waals surface area (Å²) < 4.78 is 13.8. The number of hydrogen-bond donors (Lipinski definition) is 2. The Morgan fingerprint density at radius 3 is 2.79 bits per heavy atom. The van der Waals surface area contributed by atoms with Gasteiger partial charge in [0.15, 0.2) is 17.5 Å². The molecule has 0 aliphatic carbocycles. The van der Waals surface area contributed by atoms with Crippen LogP contribution in [0.15, 0.2) is 72.2 Å². The van der Waals surface area contributed by atoms with Crippen LogP contribution in [0.4, 0.5) is 0 Å². The molecule has 0 saturated carbocycles. The molecule has 2 heterocycles. The Morgan fingerprint density at radius 1 is 1.14 bits per heavy atom. The fourth-order valence-electron chi connectivity index (χ4n) is 3.18. The minimum absolute atomic E-state index is 0.0769. The van der Waals surface area contributed by atoms with E-state index in [2.05, 4.69) is 27.8 Å². The van der Waals surface area contributed by atoms with Crippen LogP contribution >= 0.6 is 0 Å². The number of nitrogens with one attached hydrogen (secondary N) is 2. The second kappa shape index (κ2) is 9.14. The molecule has 29 heavy (non-hydrogen) atoms. The lowest BCUT2D eigenvalue weighted by Crippen LogP contribution is -2.45. The number of aromatic nitrogens is 2. The Hall–Kier alpha value is -3.48. The van der Waals surface area contributed by atoms with E-state index >= 15 is 0 Å². The summed E-state index contributed by atoms with van der Waals surface area (Å²) >= 11 is 0.